The van der Waals surface area contributed by atoms with Gasteiger partial charge in [0.25, 0.3) is 5.91 Å². The van der Waals surface area contributed by atoms with Crippen molar-refractivity contribution in [3.63, 3.8) is 0 Å². The maximum atomic E-state index is 13.1. The van der Waals surface area contributed by atoms with Crippen molar-refractivity contribution >= 4 is 29.5 Å². The maximum Gasteiger partial charge on any atom is 0.293 e. The van der Waals surface area contributed by atoms with Crippen molar-refractivity contribution in [2.45, 2.75) is 6.61 Å². The number of hydrazone groups is 1. The number of nitrogens with zero attached hydrogens (tertiary/aromatic N) is 6. The number of aromatic hydroxyl groups is 1. The summed E-state index contributed by atoms with van der Waals surface area (Å²) in [5.41, 5.74) is 8.27. The first kappa shape index (κ1) is 21.7. The minimum absolute atomic E-state index is 0.00777. The van der Waals surface area contributed by atoms with Crippen LogP contribution >= 0.6 is 11.6 Å². The van der Waals surface area contributed by atoms with E-state index in [0.717, 1.165) is 4.68 Å². The minimum Gasteiger partial charge on any atom is -0.507 e. The molecule has 33 heavy (non-hydrogen) atoms. The lowest BCUT2D eigenvalue weighted by Crippen LogP contribution is -2.21. The number of amides is 1. The number of phenolic OH excluding ortho intramolecular Hbond substituents is 1. The fraction of sp³-hybridized carbons (Fsp3) is 0.0526. The van der Waals surface area contributed by atoms with Crippen molar-refractivity contribution in [2.24, 2.45) is 5.10 Å². The smallest absolute Gasteiger partial charge is 0.293 e. The molecule has 0 atom stereocenters. The summed E-state index contributed by atoms with van der Waals surface area (Å²) in [6, 6.07) is 9.62. The maximum absolute atomic E-state index is 13.1. The summed E-state index contributed by atoms with van der Waals surface area (Å²) in [7, 11) is 0. The topological polar surface area (TPSA) is 167 Å². The molecule has 0 radical (unpaired) electrons. The largest absolute Gasteiger partial charge is 0.507 e. The Balaban J connectivity index is 1.58. The van der Waals surface area contributed by atoms with Crippen LogP contribution in [0.1, 0.15) is 21.7 Å². The molecule has 12 nitrogen and oxygen atoms in total. The lowest BCUT2D eigenvalue weighted by atomic mass is 10.2. The van der Waals surface area contributed by atoms with Gasteiger partial charge in [-0.1, -0.05) is 16.8 Å². The Hall–Kier alpha value is -4.52. The van der Waals surface area contributed by atoms with Gasteiger partial charge >= 0.3 is 0 Å². The zero-order valence-electron chi connectivity index (χ0n) is 16.5. The van der Waals surface area contributed by atoms with Gasteiger partial charge < -0.3 is 15.6 Å². The highest BCUT2D eigenvalue weighted by molar-refractivity contribution is 6.30. The highest BCUT2D eigenvalue weighted by Gasteiger charge is 2.24. The van der Waals surface area contributed by atoms with Gasteiger partial charge in [-0.2, -0.15) is 9.78 Å². The van der Waals surface area contributed by atoms with E-state index in [0.29, 0.717) is 10.8 Å². The lowest BCUT2D eigenvalue weighted by Gasteiger charge is -2.08. The number of nitrogen functional groups attached to an aromatic ring is 1. The van der Waals surface area contributed by atoms with E-state index in [-0.39, 0.29) is 40.9 Å². The molecule has 14 heteroatoms. The Labute approximate surface area is 189 Å². The van der Waals surface area contributed by atoms with Gasteiger partial charge in [-0.15, -0.1) is 5.10 Å². The highest BCUT2D eigenvalue weighted by Crippen LogP contribution is 2.20. The summed E-state index contributed by atoms with van der Waals surface area (Å²) in [4.78, 5) is 12.7. The van der Waals surface area contributed by atoms with Crippen LogP contribution in [0.3, 0.4) is 0 Å². The number of hydrogen-bond acceptors (Lipinski definition) is 10. The normalized spacial score (nSPS) is 11.1. The molecule has 0 unspecified atom stereocenters. The number of ether oxygens (including phenoxy) is 1. The first-order valence-corrected chi connectivity index (χ1v) is 9.53. The number of aromatic nitrogens is 5. The molecule has 2 heterocycles. The van der Waals surface area contributed by atoms with Gasteiger partial charge in [-0.05, 0) is 52.8 Å². The van der Waals surface area contributed by atoms with Crippen LogP contribution in [0, 0.1) is 5.82 Å². The molecule has 1 amide bonds. The van der Waals surface area contributed by atoms with Gasteiger partial charge in [0, 0.05) is 10.6 Å². The van der Waals surface area contributed by atoms with Crippen LogP contribution in [-0.4, -0.2) is 42.5 Å². The van der Waals surface area contributed by atoms with Crippen molar-refractivity contribution in [3.05, 3.63) is 70.3 Å². The second-order valence-electron chi connectivity index (χ2n) is 6.41. The number of nitrogens with one attached hydrogen (secondary N) is 1. The van der Waals surface area contributed by atoms with E-state index in [1.54, 1.807) is 0 Å². The van der Waals surface area contributed by atoms with Crippen LogP contribution in [0.4, 0.5) is 10.2 Å². The van der Waals surface area contributed by atoms with Gasteiger partial charge in [-0.25, -0.2) is 14.4 Å². The van der Waals surface area contributed by atoms with Gasteiger partial charge in [0.1, 0.15) is 29.6 Å². The van der Waals surface area contributed by atoms with Gasteiger partial charge in [0.15, 0.2) is 5.69 Å². The number of anilines is 1. The molecule has 4 N–H and O–H groups in total. The van der Waals surface area contributed by atoms with Crippen molar-refractivity contribution in [1.82, 2.24) is 30.7 Å². The monoisotopic (exact) mass is 472 g/mol. The average Bonchev–Trinajstić information content (AvgIpc) is 3.41. The van der Waals surface area contributed by atoms with E-state index in [1.807, 2.05) is 0 Å². The van der Waals surface area contributed by atoms with E-state index in [4.69, 9.17) is 22.1 Å². The SMILES string of the molecule is Nc1nonc1-n1nnc(C(=O)NN=Cc2cc(Cl)ccc2O)c1COc1ccc(F)cc1. The molecular formula is C19H14ClFN8O4. The zero-order valence-corrected chi connectivity index (χ0v) is 17.3. The summed E-state index contributed by atoms with van der Waals surface area (Å²) < 4.78 is 24.5. The third-order valence-corrected chi connectivity index (χ3v) is 4.46. The molecule has 2 aromatic carbocycles. The number of nitrogens with two attached hydrogens (primary N) is 1. The highest BCUT2D eigenvalue weighted by atomic mass is 35.5. The Morgan fingerprint density at radius 1 is 1.30 bits per heavy atom. The second kappa shape index (κ2) is 9.32. The summed E-state index contributed by atoms with van der Waals surface area (Å²) in [6.07, 6.45) is 1.21. The molecule has 4 aromatic rings. The van der Waals surface area contributed by atoms with Gasteiger partial charge in [0.2, 0.25) is 11.6 Å². The van der Waals surface area contributed by atoms with Crippen LogP contribution < -0.4 is 15.9 Å². The third kappa shape index (κ3) is 4.88. The quantitative estimate of drug-likeness (QED) is 0.269. The summed E-state index contributed by atoms with van der Waals surface area (Å²) in [5, 5.41) is 28.9. The number of benzene rings is 2. The summed E-state index contributed by atoms with van der Waals surface area (Å²) in [6.45, 7) is -0.216. The van der Waals surface area contributed by atoms with Crippen LogP contribution in [0.5, 0.6) is 11.5 Å². The van der Waals surface area contributed by atoms with E-state index in [2.05, 4.69) is 35.8 Å². The molecular weight excluding hydrogens is 459 g/mol. The minimum atomic E-state index is -0.744. The van der Waals surface area contributed by atoms with Crippen LogP contribution in [-0.2, 0) is 6.61 Å². The number of halogens is 2. The molecule has 4 rings (SSSR count). The Kier molecular flexibility index (Phi) is 6.13. The zero-order chi connectivity index (χ0) is 23.4. The number of carbonyl (C=O) groups is 1. The van der Waals surface area contributed by atoms with Gasteiger partial charge in [0.05, 0.1) is 6.21 Å². The fourth-order valence-electron chi connectivity index (χ4n) is 2.64. The number of rotatable bonds is 7. The Bertz CT molecular complexity index is 1320. The van der Waals surface area contributed by atoms with E-state index < -0.39 is 11.7 Å². The van der Waals surface area contributed by atoms with Crippen molar-refractivity contribution in [2.75, 3.05) is 5.73 Å². The predicted octanol–water partition coefficient (Wildman–Crippen LogP) is 2.07. The first-order chi connectivity index (χ1) is 15.9. The molecule has 0 saturated carbocycles. The third-order valence-electron chi connectivity index (χ3n) is 4.22. The van der Waals surface area contributed by atoms with E-state index in [9.17, 15) is 14.3 Å². The van der Waals surface area contributed by atoms with Crippen molar-refractivity contribution in [3.8, 4) is 17.3 Å². The Morgan fingerprint density at radius 3 is 2.82 bits per heavy atom. The number of hydrogen-bond donors (Lipinski definition) is 3. The van der Waals surface area contributed by atoms with Crippen LogP contribution in [0.15, 0.2) is 52.2 Å². The van der Waals surface area contributed by atoms with E-state index in [1.165, 1.54) is 48.7 Å². The fourth-order valence-corrected chi connectivity index (χ4v) is 2.82. The summed E-state index contributed by atoms with van der Waals surface area (Å²) >= 11 is 5.89. The van der Waals surface area contributed by atoms with E-state index >= 15 is 0 Å². The molecule has 0 spiro atoms. The van der Waals surface area contributed by atoms with Crippen molar-refractivity contribution < 1.29 is 23.7 Å². The molecule has 0 fully saturated rings. The number of carbonyl (C=O) groups excluding carboxylic acids is 1. The molecule has 0 bridgehead atoms. The standard InChI is InChI=1S/C19H14ClFN8O4/c20-11-1-6-15(30)10(7-11)8-23-25-19(31)16-14(9-32-13-4-2-12(21)3-5-13)29(28-24-16)18-17(22)26-33-27-18/h1-8,30H,9H2,(H2,22,26)(H,25,31). The Morgan fingerprint density at radius 2 is 2.09 bits per heavy atom. The van der Waals surface area contributed by atoms with Crippen molar-refractivity contribution in [1.29, 1.82) is 0 Å². The average molecular weight is 473 g/mol. The molecule has 0 aliphatic heterocycles. The first-order valence-electron chi connectivity index (χ1n) is 9.15. The summed E-state index contributed by atoms with van der Waals surface area (Å²) in [5.74, 6) is -1.02. The molecule has 0 saturated heterocycles. The molecule has 168 valence electrons. The molecule has 2 aromatic heterocycles. The van der Waals surface area contributed by atoms with Crippen LogP contribution in [0.25, 0.3) is 5.82 Å². The molecule has 0 aliphatic rings. The second-order valence-corrected chi connectivity index (χ2v) is 6.85. The predicted molar refractivity (Wildman–Crippen MR) is 113 cm³/mol. The number of phenols is 1. The molecule has 0 aliphatic carbocycles. The van der Waals surface area contributed by atoms with Gasteiger partial charge in [-0.3, -0.25) is 4.79 Å². The van der Waals surface area contributed by atoms with Crippen LogP contribution in [0.2, 0.25) is 5.02 Å². The lowest BCUT2D eigenvalue weighted by molar-refractivity contribution is 0.0947.